The summed E-state index contributed by atoms with van der Waals surface area (Å²) in [4.78, 5) is 26.0. The van der Waals surface area contributed by atoms with Crippen LogP contribution in [0.3, 0.4) is 0 Å². The molecule has 2 N–H and O–H groups in total. The van der Waals surface area contributed by atoms with Crippen LogP contribution in [0.1, 0.15) is 17.3 Å². The number of nitrogens with zero attached hydrogens (tertiary/aromatic N) is 1. The summed E-state index contributed by atoms with van der Waals surface area (Å²) < 4.78 is 5.61. The average Bonchev–Trinajstić information content (AvgIpc) is 2.48. The lowest BCUT2D eigenvalue weighted by Crippen LogP contribution is -2.46. The number of ether oxygens (including phenoxy) is 1. The third-order valence-electron chi connectivity index (χ3n) is 3.57. The van der Waals surface area contributed by atoms with Crippen molar-refractivity contribution in [2.45, 2.75) is 13.0 Å². The van der Waals surface area contributed by atoms with Gasteiger partial charge in [0, 0.05) is 26.2 Å². The van der Waals surface area contributed by atoms with Crippen molar-refractivity contribution >= 4 is 29.9 Å². The molecule has 1 fully saturated rings. The van der Waals surface area contributed by atoms with Gasteiger partial charge in [-0.1, -0.05) is 6.07 Å². The molecule has 0 bridgehead atoms. The summed E-state index contributed by atoms with van der Waals surface area (Å²) >= 11 is 0. The number of carbonyl (C=O) groups excluding carboxylic acids is 2. The summed E-state index contributed by atoms with van der Waals surface area (Å²) in [6.07, 6.45) is -0.584. The standard InChI is InChI=1S/C14H17N3O3.ClH/c1-9-13(18)16-11-4-2-3-10(12(11)20-9)14(19)17-7-5-15-6-8-17;/h2-4,9,15H,5-8H2,1H3,(H,16,18);1H. The Morgan fingerprint density at radius 1 is 1.33 bits per heavy atom. The Balaban J connectivity index is 0.00000161. The number of amides is 2. The van der Waals surface area contributed by atoms with E-state index in [1.807, 2.05) is 0 Å². The third-order valence-corrected chi connectivity index (χ3v) is 3.57. The lowest BCUT2D eigenvalue weighted by molar-refractivity contribution is -0.122. The Labute approximate surface area is 129 Å². The molecule has 0 radical (unpaired) electrons. The van der Waals surface area contributed by atoms with Gasteiger partial charge in [0.1, 0.15) is 0 Å². The number of benzene rings is 1. The Hall–Kier alpha value is -1.79. The summed E-state index contributed by atoms with van der Waals surface area (Å²) in [5, 5.41) is 5.97. The van der Waals surface area contributed by atoms with E-state index < -0.39 is 6.10 Å². The second-order valence-electron chi connectivity index (χ2n) is 4.97. The number of carbonyl (C=O) groups is 2. The molecule has 1 atom stereocenters. The number of fused-ring (bicyclic) bond motifs is 1. The molecule has 0 aliphatic carbocycles. The number of halogens is 1. The molecule has 7 heteroatoms. The first-order chi connectivity index (χ1) is 9.66. The van der Waals surface area contributed by atoms with Crippen molar-refractivity contribution in [3.63, 3.8) is 0 Å². The SMILES string of the molecule is CC1Oc2c(cccc2C(=O)N2CCNCC2)NC1=O.Cl. The van der Waals surface area contributed by atoms with E-state index in [0.717, 1.165) is 13.1 Å². The minimum atomic E-state index is -0.584. The van der Waals surface area contributed by atoms with Crippen LogP contribution in [0, 0.1) is 0 Å². The molecule has 1 aromatic carbocycles. The summed E-state index contributed by atoms with van der Waals surface area (Å²) in [7, 11) is 0. The van der Waals surface area contributed by atoms with E-state index in [0.29, 0.717) is 30.1 Å². The largest absolute Gasteiger partial charge is 0.478 e. The second-order valence-corrected chi connectivity index (χ2v) is 4.97. The average molecular weight is 312 g/mol. The van der Waals surface area contributed by atoms with Gasteiger partial charge < -0.3 is 20.3 Å². The molecule has 0 aromatic heterocycles. The van der Waals surface area contributed by atoms with E-state index in [1.54, 1.807) is 30.0 Å². The number of hydrogen-bond donors (Lipinski definition) is 2. The van der Waals surface area contributed by atoms with Crippen LogP contribution in [0.2, 0.25) is 0 Å². The predicted octanol–water partition coefficient (Wildman–Crippen LogP) is 0.873. The van der Waals surface area contributed by atoms with Crippen LogP contribution in [0.5, 0.6) is 5.75 Å². The monoisotopic (exact) mass is 311 g/mol. The van der Waals surface area contributed by atoms with E-state index >= 15 is 0 Å². The first kappa shape index (κ1) is 15.6. The van der Waals surface area contributed by atoms with Gasteiger partial charge in [-0.2, -0.15) is 0 Å². The maximum atomic E-state index is 12.6. The van der Waals surface area contributed by atoms with Crippen LogP contribution in [0.4, 0.5) is 5.69 Å². The van der Waals surface area contributed by atoms with Crippen LogP contribution >= 0.6 is 12.4 Å². The van der Waals surface area contributed by atoms with Crippen LogP contribution in [-0.4, -0.2) is 49.0 Å². The lowest BCUT2D eigenvalue weighted by atomic mass is 10.1. The summed E-state index contributed by atoms with van der Waals surface area (Å²) in [5.74, 6) is 0.235. The Kier molecular flexibility index (Phi) is 4.69. The Bertz CT molecular complexity index is 558. The quantitative estimate of drug-likeness (QED) is 0.807. The highest BCUT2D eigenvalue weighted by Crippen LogP contribution is 2.34. The number of nitrogens with one attached hydrogen (secondary N) is 2. The first-order valence-corrected chi connectivity index (χ1v) is 6.77. The highest BCUT2D eigenvalue weighted by atomic mass is 35.5. The van der Waals surface area contributed by atoms with Gasteiger partial charge in [-0.25, -0.2) is 0 Å². The molecule has 2 amide bonds. The molecule has 6 nitrogen and oxygen atoms in total. The normalized spacial score (nSPS) is 20.7. The van der Waals surface area contributed by atoms with Crippen LogP contribution in [0.25, 0.3) is 0 Å². The Morgan fingerprint density at radius 3 is 2.76 bits per heavy atom. The predicted molar refractivity (Wildman–Crippen MR) is 81.2 cm³/mol. The topological polar surface area (TPSA) is 70.7 Å². The minimum Gasteiger partial charge on any atom is -0.478 e. The smallest absolute Gasteiger partial charge is 0.265 e. The maximum Gasteiger partial charge on any atom is 0.265 e. The highest BCUT2D eigenvalue weighted by molar-refractivity contribution is 6.04. The number of rotatable bonds is 1. The molecule has 2 aliphatic heterocycles. The molecule has 0 saturated carbocycles. The van der Waals surface area contributed by atoms with Gasteiger partial charge in [0.05, 0.1) is 11.3 Å². The summed E-state index contributed by atoms with van der Waals surface area (Å²) in [6, 6.07) is 5.24. The Morgan fingerprint density at radius 2 is 2.05 bits per heavy atom. The lowest BCUT2D eigenvalue weighted by Gasteiger charge is -2.30. The molecule has 1 aromatic rings. The fraction of sp³-hybridized carbons (Fsp3) is 0.429. The second kappa shape index (κ2) is 6.32. The summed E-state index contributed by atoms with van der Waals surface area (Å²) in [6.45, 7) is 4.64. The van der Waals surface area contributed by atoms with Crippen LogP contribution < -0.4 is 15.4 Å². The molecular weight excluding hydrogens is 294 g/mol. The number of piperazine rings is 1. The van der Waals surface area contributed by atoms with Crippen molar-refractivity contribution in [3.8, 4) is 5.75 Å². The van der Waals surface area contributed by atoms with Gasteiger partial charge in [-0.05, 0) is 19.1 Å². The fourth-order valence-corrected chi connectivity index (χ4v) is 2.43. The summed E-state index contributed by atoms with van der Waals surface area (Å²) in [5.41, 5.74) is 1.07. The number of anilines is 1. The van der Waals surface area contributed by atoms with Crippen molar-refractivity contribution in [1.82, 2.24) is 10.2 Å². The van der Waals surface area contributed by atoms with E-state index in [2.05, 4.69) is 10.6 Å². The zero-order valence-corrected chi connectivity index (χ0v) is 12.5. The van der Waals surface area contributed by atoms with Gasteiger partial charge in [0.15, 0.2) is 11.9 Å². The van der Waals surface area contributed by atoms with Crippen molar-refractivity contribution in [2.75, 3.05) is 31.5 Å². The fourth-order valence-electron chi connectivity index (χ4n) is 2.43. The van der Waals surface area contributed by atoms with Gasteiger partial charge >= 0.3 is 0 Å². The molecular formula is C14H18ClN3O3. The molecule has 1 unspecified atom stereocenters. The van der Waals surface area contributed by atoms with Gasteiger partial charge in [0.25, 0.3) is 11.8 Å². The molecule has 114 valence electrons. The zero-order valence-electron chi connectivity index (χ0n) is 11.7. The third kappa shape index (κ3) is 2.96. The molecule has 21 heavy (non-hydrogen) atoms. The molecule has 0 spiro atoms. The van der Waals surface area contributed by atoms with Crippen LogP contribution in [-0.2, 0) is 4.79 Å². The molecule has 3 rings (SSSR count). The highest BCUT2D eigenvalue weighted by Gasteiger charge is 2.29. The van der Waals surface area contributed by atoms with Gasteiger partial charge in [-0.3, -0.25) is 9.59 Å². The van der Waals surface area contributed by atoms with Crippen molar-refractivity contribution in [1.29, 1.82) is 0 Å². The van der Waals surface area contributed by atoms with Gasteiger partial charge in [-0.15, -0.1) is 12.4 Å². The molecule has 1 saturated heterocycles. The zero-order chi connectivity index (χ0) is 14.1. The van der Waals surface area contributed by atoms with Crippen molar-refractivity contribution in [3.05, 3.63) is 23.8 Å². The maximum absolute atomic E-state index is 12.6. The van der Waals surface area contributed by atoms with Gasteiger partial charge in [0.2, 0.25) is 0 Å². The van der Waals surface area contributed by atoms with Crippen molar-refractivity contribution in [2.24, 2.45) is 0 Å². The molecule has 2 heterocycles. The van der Waals surface area contributed by atoms with E-state index in [-0.39, 0.29) is 24.2 Å². The minimum absolute atomic E-state index is 0. The van der Waals surface area contributed by atoms with Crippen LogP contribution in [0.15, 0.2) is 18.2 Å². The van der Waals surface area contributed by atoms with Crippen molar-refractivity contribution < 1.29 is 14.3 Å². The first-order valence-electron chi connectivity index (χ1n) is 6.77. The molecule has 2 aliphatic rings. The number of hydrogen-bond acceptors (Lipinski definition) is 4. The number of para-hydroxylation sites is 1. The van der Waals surface area contributed by atoms with E-state index in [9.17, 15) is 9.59 Å². The van der Waals surface area contributed by atoms with E-state index in [1.165, 1.54) is 0 Å². The van der Waals surface area contributed by atoms with E-state index in [4.69, 9.17) is 4.74 Å².